The minimum absolute atomic E-state index is 1.34. The monoisotopic (exact) mass is 302 g/mol. The lowest BCUT2D eigenvalue weighted by Crippen LogP contribution is -2.13. The number of carbonyl (C=O) groups excluding carboxylic acids is 3. The summed E-state index contributed by atoms with van der Waals surface area (Å²) < 4.78 is 34.6. The molecule has 0 rings (SSSR count). The Hall–Kier alpha value is -3.28. The zero-order valence-corrected chi connectivity index (χ0v) is 10.2. The van der Waals surface area contributed by atoms with Gasteiger partial charge in [0.05, 0.1) is 0 Å². The molecule has 0 saturated carbocycles. The Kier molecular flexibility index (Phi) is 6.63. The summed E-state index contributed by atoms with van der Waals surface area (Å²) in [4.78, 5) is 32.5. The molecule has 0 radical (unpaired) electrons. The number of rotatable bonds is 3. The van der Waals surface area contributed by atoms with Crippen molar-refractivity contribution in [1.82, 2.24) is 0 Å². The molecular formula is C9H3O10P. The maximum atomic E-state index is 11.7. The normalized spacial score (nSPS) is 8.65. The molecule has 0 bridgehead atoms. The zero-order chi connectivity index (χ0) is 15.6. The molecule has 20 heavy (non-hydrogen) atoms. The van der Waals surface area contributed by atoms with Crippen LogP contribution >= 0.6 is 7.82 Å². The van der Waals surface area contributed by atoms with Gasteiger partial charge in [-0.2, -0.15) is 4.57 Å². The summed E-state index contributed by atoms with van der Waals surface area (Å²) in [6.45, 7) is 0. The van der Waals surface area contributed by atoms with Crippen molar-refractivity contribution in [2.75, 3.05) is 0 Å². The van der Waals surface area contributed by atoms with Gasteiger partial charge in [-0.1, -0.05) is 19.3 Å². The van der Waals surface area contributed by atoms with Crippen molar-refractivity contribution in [3.8, 4) is 37.6 Å². The average Bonchev–Trinajstić information content (AvgIpc) is 2.28. The Labute approximate surface area is 111 Å². The van der Waals surface area contributed by atoms with E-state index in [0.29, 0.717) is 0 Å². The second-order valence-corrected chi connectivity index (χ2v) is 3.57. The largest absolute Gasteiger partial charge is 0.661 e. The summed E-state index contributed by atoms with van der Waals surface area (Å²) in [6.07, 6.45) is 12.3. The van der Waals surface area contributed by atoms with Crippen molar-refractivity contribution < 1.29 is 46.7 Å². The number of hydrogen-bond donors (Lipinski definition) is 0. The standard InChI is InChI=1S/C9H3O10P/c1-4-14-7(10)17-20(13,18-8(11)15-5-2)19-9(12)16-6-3/h1-3H. The van der Waals surface area contributed by atoms with E-state index in [1.807, 2.05) is 0 Å². The fourth-order valence-electron chi connectivity index (χ4n) is 0.530. The minimum atomic E-state index is -5.19. The Balaban J connectivity index is 4.99. The van der Waals surface area contributed by atoms with Gasteiger partial charge >= 0.3 is 26.3 Å². The van der Waals surface area contributed by atoms with E-state index in [2.05, 4.69) is 47.1 Å². The van der Waals surface area contributed by atoms with E-state index in [1.165, 1.54) is 18.3 Å². The average molecular weight is 302 g/mol. The minimum Gasteiger partial charge on any atom is -0.340 e. The third-order valence-corrected chi connectivity index (χ3v) is 2.10. The smallest absolute Gasteiger partial charge is 0.340 e. The first-order valence-corrected chi connectivity index (χ1v) is 5.51. The van der Waals surface area contributed by atoms with Gasteiger partial charge in [-0.25, -0.2) is 14.4 Å². The second-order valence-electron chi connectivity index (χ2n) is 2.13. The van der Waals surface area contributed by atoms with Crippen LogP contribution in [0.5, 0.6) is 0 Å². The van der Waals surface area contributed by atoms with Crippen molar-refractivity contribution in [2.24, 2.45) is 0 Å². The number of carbonyl (C=O) groups is 3. The van der Waals surface area contributed by atoms with Gasteiger partial charge in [0.2, 0.25) is 0 Å². The van der Waals surface area contributed by atoms with Crippen LogP contribution in [0.15, 0.2) is 0 Å². The molecule has 0 saturated heterocycles. The molecule has 10 nitrogen and oxygen atoms in total. The Morgan fingerprint density at radius 3 is 1.15 bits per heavy atom. The van der Waals surface area contributed by atoms with Crippen LogP contribution in [0.4, 0.5) is 14.4 Å². The Morgan fingerprint density at radius 1 is 0.700 bits per heavy atom. The molecule has 104 valence electrons. The Bertz CT molecular complexity index is 490. The quantitative estimate of drug-likeness (QED) is 0.326. The first-order valence-electron chi connectivity index (χ1n) is 4.05. The number of ether oxygens (including phenoxy) is 3. The van der Waals surface area contributed by atoms with Gasteiger partial charge in [0, 0.05) is 0 Å². The van der Waals surface area contributed by atoms with Crippen molar-refractivity contribution >= 4 is 26.3 Å². The van der Waals surface area contributed by atoms with Gasteiger partial charge in [0.25, 0.3) is 0 Å². The fraction of sp³-hybridized carbons (Fsp3) is 0. The molecule has 0 heterocycles. The molecule has 0 aliphatic rings. The third kappa shape index (κ3) is 6.45. The molecule has 0 unspecified atom stereocenters. The van der Waals surface area contributed by atoms with E-state index < -0.39 is 26.3 Å². The molecule has 0 atom stereocenters. The highest BCUT2D eigenvalue weighted by molar-refractivity contribution is 7.50. The summed E-state index contributed by atoms with van der Waals surface area (Å²) in [5.74, 6) is 0. The molecule has 0 aliphatic heterocycles. The zero-order valence-electron chi connectivity index (χ0n) is 9.26. The predicted octanol–water partition coefficient (Wildman–Crippen LogP) is 1.33. The summed E-state index contributed by atoms with van der Waals surface area (Å²) in [5, 5.41) is 0. The van der Waals surface area contributed by atoms with Gasteiger partial charge in [0.15, 0.2) is 0 Å². The van der Waals surface area contributed by atoms with Gasteiger partial charge < -0.3 is 27.8 Å². The first kappa shape index (κ1) is 16.7. The fourth-order valence-corrected chi connectivity index (χ4v) is 1.30. The van der Waals surface area contributed by atoms with Crippen molar-refractivity contribution in [1.29, 1.82) is 0 Å². The van der Waals surface area contributed by atoms with Crippen LogP contribution in [-0.2, 0) is 32.3 Å². The lowest BCUT2D eigenvalue weighted by atomic mass is 11.2. The summed E-state index contributed by atoms with van der Waals surface area (Å²) in [5.41, 5.74) is 0. The van der Waals surface area contributed by atoms with Crippen molar-refractivity contribution in [2.45, 2.75) is 0 Å². The van der Waals surface area contributed by atoms with Crippen LogP contribution in [0.3, 0.4) is 0 Å². The number of terminal acetylenes is 3. The third-order valence-electron chi connectivity index (χ3n) is 0.986. The molecule has 0 fully saturated rings. The maximum Gasteiger partial charge on any atom is 0.661 e. The topological polar surface area (TPSA) is 124 Å². The van der Waals surface area contributed by atoms with Crippen molar-refractivity contribution in [3.63, 3.8) is 0 Å². The Morgan fingerprint density at radius 2 is 0.950 bits per heavy atom. The molecule has 0 aliphatic carbocycles. The van der Waals surface area contributed by atoms with Crippen molar-refractivity contribution in [3.05, 3.63) is 0 Å². The van der Waals surface area contributed by atoms with E-state index in [9.17, 15) is 18.9 Å². The van der Waals surface area contributed by atoms with Gasteiger partial charge in [0.1, 0.15) is 18.3 Å². The summed E-state index contributed by atoms with van der Waals surface area (Å²) >= 11 is 0. The summed E-state index contributed by atoms with van der Waals surface area (Å²) in [6, 6.07) is 0. The van der Waals surface area contributed by atoms with Crippen LogP contribution in [0.25, 0.3) is 0 Å². The second kappa shape index (κ2) is 7.93. The highest BCUT2D eigenvalue weighted by atomic mass is 31.2. The van der Waals surface area contributed by atoms with Crippen LogP contribution in [0, 0.1) is 37.6 Å². The highest BCUT2D eigenvalue weighted by Crippen LogP contribution is 2.50. The van der Waals surface area contributed by atoms with Crippen LogP contribution in [0.2, 0.25) is 0 Å². The van der Waals surface area contributed by atoms with E-state index in [1.54, 1.807) is 0 Å². The summed E-state index contributed by atoms with van der Waals surface area (Å²) in [7, 11) is -5.19. The van der Waals surface area contributed by atoms with E-state index >= 15 is 0 Å². The molecular weight excluding hydrogens is 299 g/mol. The SMILES string of the molecule is C#COC(=O)OP(=O)(OC(=O)OC#C)OC(=O)OC#C. The molecule has 11 heteroatoms. The van der Waals surface area contributed by atoms with Gasteiger partial charge in [-0.15, -0.1) is 0 Å². The molecule has 0 aromatic heterocycles. The van der Waals surface area contributed by atoms with Crippen LogP contribution in [0.1, 0.15) is 0 Å². The van der Waals surface area contributed by atoms with E-state index in [0.717, 1.165) is 0 Å². The van der Waals surface area contributed by atoms with Crippen LogP contribution < -0.4 is 0 Å². The van der Waals surface area contributed by atoms with E-state index in [-0.39, 0.29) is 0 Å². The van der Waals surface area contributed by atoms with Gasteiger partial charge in [-0.3, -0.25) is 0 Å². The molecule has 0 spiro atoms. The lowest BCUT2D eigenvalue weighted by molar-refractivity contribution is 0.0828. The van der Waals surface area contributed by atoms with Crippen LogP contribution in [-0.4, -0.2) is 18.5 Å². The molecule has 0 amide bonds. The number of hydrogen-bond acceptors (Lipinski definition) is 10. The predicted molar refractivity (Wildman–Crippen MR) is 56.8 cm³/mol. The van der Waals surface area contributed by atoms with E-state index in [4.69, 9.17) is 0 Å². The molecule has 0 N–H and O–H groups in total. The molecule has 0 aromatic rings. The first-order chi connectivity index (χ1) is 9.36. The maximum absolute atomic E-state index is 11.7. The molecule has 0 aromatic carbocycles. The van der Waals surface area contributed by atoms with Gasteiger partial charge in [-0.05, 0) is 0 Å². The lowest BCUT2D eigenvalue weighted by Gasteiger charge is -2.12. The number of phosphoric acid groups is 1. The number of phosphoric ester groups is 1. The highest BCUT2D eigenvalue weighted by Gasteiger charge is 2.42.